The van der Waals surface area contributed by atoms with Crippen LogP contribution in [0.1, 0.15) is 10.5 Å². The van der Waals surface area contributed by atoms with Gasteiger partial charge in [-0.2, -0.15) is 0 Å². The van der Waals surface area contributed by atoms with Crippen LogP contribution < -0.4 is 5.32 Å². The van der Waals surface area contributed by atoms with Crippen LogP contribution >= 0.6 is 11.3 Å². The van der Waals surface area contributed by atoms with Gasteiger partial charge in [0.2, 0.25) is 0 Å². The van der Waals surface area contributed by atoms with Crippen LogP contribution in [-0.4, -0.2) is 17.9 Å². The number of aromatic nitrogens is 1. The molecular formula is C8H8N2OS. The van der Waals surface area contributed by atoms with E-state index in [9.17, 15) is 4.79 Å². The molecule has 3 nitrogen and oxygen atoms in total. The Kier molecular flexibility index (Phi) is 1.62. The first-order valence-corrected chi connectivity index (χ1v) is 4.47. The number of rotatable bonds is 1. The van der Waals surface area contributed by atoms with Gasteiger partial charge in [-0.15, -0.1) is 11.3 Å². The molecule has 0 radical (unpaired) electrons. The van der Waals surface area contributed by atoms with Gasteiger partial charge in [0.25, 0.3) is 5.91 Å². The van der Waals surface area contributed by atoms with Crippen molar-refractivity contribution in [1.29, 1.82) is 0 Å². The molecule has 12 heavy (non-hydrogen) atoms. The van der Waals surface area contributed by atoms with Crippen LogP contribution in [0.2, 0.25) is 0 Å². The summed E-state index contributed by atoms with van der Waals surface area (Å²) in [7, 11) is 1.62. The Balaban J connectivity index is 2.51. The first-order valence-electron chi connectivity index (χ1n) is 3.59. The van der Waals surface area contributed by atoms with Gasteiger partial charge in [0.15, 0.2) is 0 Å². The lowest BCUT2D eigenvalue weighted by atomic mass is 10.3. The van der Waals surface area contributed by atoms with Crippen molar-refractivity contribution in [3.8, 4) is 0 Å². The van der Waals surface area contributed by atoms with Crippen molar-refractivity contribution < 1.29 is 4.79 Å². The molecule has 0 aliphatic heterocycles. The SMILES string of the molecule is CNC(=O)c1cc2ccsc2[nH]1. The maximum Gasteiger partial charge on any atom is 0.267 e. The van der Waals surface area contributed by atoms with Crippen molar-refractivity contribution in [2.75, 3.05) is 7.05 Å². The van der Waals surface area contributed by atoms with Crippen molar-refractivity contribution >= 4 is 27.5 Å². The summed E-state index contributed by atoms with van der Waals surface area (Å²) in [5, 5.41) is 5.66. The minimum atomic E-state index is -0.0709. The highest BCUT2D eigenvalue weighted by atomic mass is 32.1. The van der Waals surface area contributed by atoms with Crippen LogP contribution in [-0.2, 0) is 0 Å². The molecule has 0 saturated carbocycles. The fourth-order valence-electron chi connectivity index (χ4n) is 1.11. The zero-order valence-corrected chi connectivity index (χ0v) is 7.37. The summed E-state index contributed by atoms with van der Waals surface area (Å²) in [5.41, 5.74) is 0.624. The lowest BCUT2D eigenvalue weighted by molar-refractivity contribution is 0.0959. The molecule has 2 heterocycles. The molecule has 4 heteroatoms. The summed E-state index contributed by atoms with van der Waals surface area (Å²) in [4.78, 5) is 15.2. The first-order chi connectivity index (χ1) is 5.81. The summed E-state index contributed by atoms with van der Waals surface area (Å²) < 4.78 is 0. The minimum Gasteiger partial charge on any atom is -0.354 e. The maximum atomic E-state index is 11.1. The van der Waals surface area contributed by atoms with Gasteiger partial charge in [0, 0.05) is 12.4 Å². The van der Waals surface area contributed by atoms with Crippen LogP contribution in [0.5, 0.6) is 0 Å². The molecule has 0 aromatic carbocycles. The number of thiophene rings is 1. The summed E-state index contributed by atoms with van der Waals surface area (Å²) >= 11 is 1.60. The summed E-state index contributed by atoms with van der Waals surface area (Å²) in [5.74, 6) is -0.0709. The molecule has 2 N–H and O–H groups in total. The van der Waals surface area contributed by atoms with E-state index in [0.717, 1.165) is 10.2 Å². The molecule has 2 rings (SSSR count). The van der Waals surface area contributed by atoms with Gasteiger partial charge in [-0.25, -0.2) is 0 Å². The van der Waals surface area contributed by atoms with E-state index in [1.54, 1.807) is 18.4 Å². The minimum absolute atomic E-state index is 0.0709. The maximum absolute atomic E-state index is 11.1. The van der Waals surface area contributed by atoms with Crippen LogP contribution in [0, 0.1) is 0 Å². The van der Waals surface area contributed by atoms with Crippen molar-refractivity contribution in [3.63, 3.8) is 0 Å². The molecule has 2 aromatic heterocycles. The number of carbonyl (C=O) groups is 1. The number of carbonyl (C=O) groups excluding carboxylic acids is 1. The van der Waals surface area contributed by atoms with Crippen LogP contribution in [0.15, 0.2) is 17.5 Å². The second kappa shape index (κ2) is 2.64. The third-order valence-electron chi connectivity index (χ3n) is 1.72. The van der Waals surface area contributed by atoms with Gasteiger partial charge in [0.05, 0.1) is 0 Å². The third kappa shape index (κ3) is 1.00. The van der Waals surface area contributed by atoms with E-state index in [4.69, 9.17) is 0 Å². The fraction of sp³-hybridized carbons (Fsp3) is 0.125. The van der Waals surface area contributed by atoms with E-state index < -0.39 is 0 Å². The van der Waals surface area contributed by atoms with Crippen LogP contribution in [0.25, 0.3) is 10.2 Å². The molecular weight excluding hydrogens is 172 g/mol. The molecule has 1 amide bonds. The van der Waals surface area contributed by atoms with Gasteiger partial charge in [-0.1, -0.05) is 0 Å². The van der Waals surface area contributed by atoms with Gasteiger partial charge in [-0.3, -0.25) is 4.79 Å². The molecule has 0 spiro atoms. The second-order valence-corrected chi connectivity index (χ2v) is 3.38. The topological polar surface area (TPSA) is 44.9 Å². The predicted octanol–water partition coefficient (Wildman–Crippen LogP) is 1.59. The normalized spacial score (nSPS) is 10.4. The standard InChI is InChI=1S/C8H8N2OS/c1-9-7(11)6-4-5-2-3-12-8(5)10-6/h2-4,10H,1H3,(H,9,11). The quantitative estimate of drug-likeness (QED) is 0.687. The van der Waals surface area contributed by atoms with E-state index in [-0.39, 0.29) is 5.91 Å². The highest BCUT2D eigenvalue weighted by Crippen LogP contribution is 2.20. The van der Waals surface area contributed by atoms with E-state index >= 15 is 0 Å². The summed E-state index contributed by atoms with van der Waals surface area (Å²) in [6.45, 7) is 0. The number of H-pyrrole nitrogens is 1. The Morgan fingerprint density at radius 3 is 3.17 bits per heavy atom. The zero-order valence-electron chi connectivity index (χ0n) is 6.55. The Morgan fingerprint density at radius 2 is 2.50 bits per heavy atom. The first kappa shape index (κ1) is 7.36. The molecule has 0 aliphatic carbocycles. The van der Waals surface area contributed by atoms with E-state index in [2.05, 4.69) is 10.3 Å². The molecule has 0 fully saturated rings. The second-order valence-electron chi connectivity index (χ2n) is 2.47. The Labute approximate surface area is 73.4 Å². The lowest BCUT2D eigenvalue weighted by Crippen LogP contribution is -2.17. The monoisotopic (exact) mass is 180 g/mol. The Hall–Kier alpha value is -1.29. The van der Waals surface area contributed by atoms with Crippen molar-refractivity contribution in [3.05, 3.63) is 23.2 Å². The third-order valence-corrected chi connectivity index (χ3v) is 2.56. The van der Waals surface area contributed by atoms with E-state index in [0.29, 0.717) is 5.69 Å². The fourth-order valence-corrected chi connectivity index (χ4v) is 1.89. The number of nitrogens with one attached hydrogen (secondary N) is 2. The molecule has 0 atom stereocenters. The highest BCUT2D eigenvalue weighted by Gasteiger charge is 2.06. The molecule has 0 bridgehead atoms. The van der Waals surface area contributed by atoms with Gasteiger partial charge in [-0.05, 0) is 17.5 Å². The smallest absolute Gasteiger partial charge is 0.267 e. The van der Waals surface area contributed by atoms with Crippen LogP contribution in [0.3, 0.4) is 0 Å². The van der Waals surface area contributed by atoms with Crippen molar-refractivity contribution in [2.45, 2.75) is 0 Å². The van der Waals surface area contributed by atoms with Gasteiger partial charge < -0.3 is 10.3 Å². The average Bonchev–Trinajstić information content (AvgIpc) is 2.60. The summed E-state index contributed by atoms with van der Waals surface area (Å²) in [6.07, 6.45) is 0. The number of aromatic amines is 1. The van der Waals surface area contributed by atoms with Crippen molar-refractivity contribution in [2.24, 2.45) is 0 Å². The van der Waals surface area contributed by atoms with Gasteiger partial charge in [0.1, 0.15) is 10.5 Å². The molecule has 62 valence electrons. The zero-order chi connectivity index (χ0) is 8.55. The number of hydrogen-bond donors (Lipinski definition) is 2. The van der Waals surface area contributed by atoms with Gasteiger partial charge >= 0.3 is 0 Å². The summed E-state index contributed by atoms with van der Waals surface area (Å²) in [6, 6.07) is 3.84. The number of amides is 1. The highest BCUT2D eigenvalue weighted by molar-refractivity contribution is 7.16. The molecule has 0 saturated heterocycles. The average molecular weight is 180 g/mol. The lowest BCUT2D eigenvalue weighted by Gasteiger charge is -1.92. The Bertz CT molecular complexity index is 387. The molecule has 2 aromatic rings. The number of fused-ring (bicyclic) bond motifs is 1. The molecule has 0 aliphatic rings. The predicted molar refractivity (Wildman–Crippen MR) is 49.6 cm³/mol. The Morgan fingerprint density at radius 1 is 1.67 bits per heavy atom. The number of hydrogen-bond acceptors (Lipinski definition) is 2. The van der Waals surface area contributed by atoms with Crippen LogP contribution in [0.4, 0.5) is 0 Å². The van der Waals surface area contributed by atoms with E-state index in [1.807, 2.05) is 17.5 Å². The largest absolute Gasteiger partial charge is 0.354 e. The van der Waals surface area contributed by atoms with Crippen molar-refractivity contribution in [1.82, 2.24) is 10.3 Å². The molecule has 0 unspecified atom stereocenters. The van der Waals surface area contributed by atoms with E-state index in [1.165, 1.54) is 0 Å².